The van der Waals surface area contributed by atoms with Crippen molar-refractivity contribution in [2.24, 2.45) is 11.7 Å². The van der Waals surface area contributed by atoms with E-state index in [0.717, 1.165) is 25.7 Å². The molecular formula is C14H20N2O3. The highest BCUT2D eigenvalue weighted by Gasteiger charge is 2.22. The molecule has 1 fully saturated rings. The molecule has 0 saturated heterocycles. The van der Waals surface area contributed by atoms with Crippen LogP contribution in [0.3, 0.4) is 0 Å². The molecule has 104 valence electrons. The van der Waals surface area contributed by atoms with Crippen molar-refractivity contribution in [2.75, 3.05) is 6.54 Å². The summed E-state index contributed by atoms with van der Waals surface area (Å²) in [4.78, 5) is 11.9. The van der Waals surface area contributed by atoms with Crippen LogP contribution < -0.4 is 11.1 Å². The van der Waals surface area contributed by atoms with E-state index in [-0.39, 0.29) is 29.0 Å². The third kappa shape index (κ3) is 3.61. The van der Waals surface area contributed by atoms with Gasteiger partial charge >= 0.3 is 0 Å². The van der Waals surface area contributed by atoms with Crippen LogP contribution >= 0.6 is 0 Å². The van der Waals surface area contributed by atoms with Crippen LogP contribution in [0.25, 0.3) is 0 Å². The highest BCUT2D eigenvalue weighted by Crippen LogP contribution is 2.23. The predicted molar refractivity (Wildman–Crippen MR) is 72.0 cm³/mol. The molecule has 0 aliphatic heterocycles. The number of hydrogen-bond donors (Lipinski definition) is 4. The third-order valence-electron chi connectivity index (χ3n) is 3.66. The Morgan fingerprint density at radius 1 is 1.21 bits per heavy atom. The van der Waals surface area contributed by atoms with E-state index in [1.54, 1.807) is 0 Å². The van der Waals surface area contributed by atoms with Crippen molar-refractivity contribution in [3.8, 4) is 11.5 Å². The number of aromatic hydroxyl groups is 2. The lowest BCUT2D eigenvalue weighted by Crippen LogP contribution is -2.41. The number of nitrogens with two attached hydrogens (primary N) is 1. The fourth-order valence-electron chi connectivity index (χ4n) is 2.54. The molecular weight excluding hydrogens is 244 g/mol. The summed E-state index contributed by atoms with van der Waals surface area (Å²) in [6, 6.07) is 3.99. The summed E-state index contributed by atoms with van der Waals surface area (Å²) in [5, 5.41) is 21.5. The van der Waals surface area contributed by atoms with Gasteiger partial charge in [0.1, 0.15) is 11.5 Å². The number of carbonyl (C=O) groups excluding carboxylic acids is 1. The van der Waals surface area contributed by atoms with Crippen LogP contribution in [0.2, 0.25) is 0 Å². The van der Waals surface area contributed by atoms with E-state index in [0.29, 0.717) is 12.5 Å². The average molecular weight is 264 g/mol. The van der Waals surface area contributed by atoms with Crippen LogP contribution in [0.5, 0.6) is 11.5 Å². The molecule has 1 aromatic rings. The van der Waals surface area contributed by atoms with E-state index in [9.17, 15) is 15.0 Å². The van der Waals surface area contributed by atoms with Gasteiger partial charge in [-0.05, 0) is 30.9 Å². The number of carbonyl (C=O) groups is 1. The highest BCUT2D eigenvalue weighted by molar-refractivity contribution is 5.95. The summed E-state index contributed by atoms with van der Waals surface area (Å²) in [5.41, 5.74) is 6.27. The fraction of sp³-hybridized carbons (Fsp3) is 0.500. The molecule has 2 unspecified atom stereocenters. The third-order valence-corrected chi connectivity index (χ3v) is 3.66. The number of phenolic OH excluding ortho intramolecular Hbond substituents is 2. The highest BCUT2D eigenvalue weighted by atomic mass is 16.3. The molecule has 1 aromatic carbocycles. The monoisotopic (exact) mass is 264 g/mol. The maximum absolute atomic E-state index is 11.9. The van der Waals surface area contributed by atoms with Crippen LogP contribution in [0.15, 0.2) is 18.2 Å². The second kappa shape index (κ2) is 5.93. The van der Waals surface area contributed by atoms with Crippen LogP contribution in [0.1, 0.15) is 36.0 Å². The number of phenols is 2. The number of hydrogen-bond acceptors (Lipinski definition) is 4. The molecule has 5 nitrogen and oxygen atoms in total. The Bertz CT molecular complexity index is 442. The molecule has 1 saturated carbocycles. The van der Waals surface area contributed by atoms with Gasteiger partial charge < -0.3 is 21.3 Å². The van der Waals surface area contributed by atoms with Crippen molar-refractivity contribution < 1.29 is 15.0 Å². The molecule has 1 aliphatic rings. The first-order chi connectivity index (χ1) is 9.06. The number of amides is 1. The second-order valence-electron chi connectivity index (χ2n) is 5.16. The topological polar surface area (TPSA) is 95.6 Å². The molecule has 0 radical (unpaired) electrons. The second-order valence-corrected chi connectivity index (χ2v) is 5.16. The minimum atomic E-state index is -0.302. The fourth-order valence-corrected chi connectivity index (χ4v) is 2.54. The lowest BCUT2D eigenvalue weighted by molar-refractivity contribution is 0.0940. The van der Waals surface area contributed by atoms with Gasteiger partial charge in [-0.25, -0.2) is 0 Å². The SMILES string of the molecule is NC1CCCCC1CNC(=O)c1cc(O)cc(O)c1. The Morgan fingerprint density at radius 3 is 2.47 bits per heavy atom. The van der Waals surface area contributed by atoms with Crippen molar-refractivity contribution in [1.29, 1.82) is 0 Å². The van der Waals surface area contributed by atoms with Crippen LogP contribution in [0, 0.1) is 5.92 Å². The first kappa shape index (κ1) is 13.7. The lowest BCUT2D eigenvalue weighted by Gasteiger charge is -2.28. The summed E-state index contributed by atoms with van der Waals surface area (Å²) in [6.07, 6.45) is 4.35. The molecule has 2 rings (SSSR count). The van der Waals surface area contributed by atoms with E-state index in [1.807, 2.05) is 0 Å². The minimum Gasteiger partial charge on any atom is -0.508 e. The lowest BCUT2D eigenvalue weighted by atomic mass is 9.85. The van der Waals surface area contributed by atoms with Gasteiger partial charge in [0.2, 0.25) is 0 Å². The maximum atomic E-state index is 11.9. The Kier molecular flexibility index (Phi) is 4.27. The van der Waals surface area contributed by atoms with Gasteiger partial charge in [0.05, 0.1) is 0 Å². The van der Waals surface area contributed by atoms with Crippen LogP contribution in [-0.4, -0.2) is 28.7 Å². The predicted octanol–water partition coefficient (Wildman–Crippen LogP) is 1.35. The smallest absolute Gasteiger partial charge is 0.251 e. The first-order valence-corrected chi connectivity index (χ1v) is 6.63. The van der Waals surface area contributed by atoms with Crippen molar-refractivity contribution in [2.45, 2.75) is 31.7 Å². The van der Waals surface area contributed by atoms with Gasteiger partial charge in [0, 0.05) is 24.2 Å². The summed E-state index contributed by atoms with van der Waals surface area (Å²) in [7, 11) is 0. The van der Waals surface area contributed by atoms with Crippen LogP contribution in [0.4, 0.5) is 0 Å². The summed E-state index contributed by atoms with van der Waals surface area (Å²) in [6.45, 7) is 0.538. The normalized spacial score (nSPS) is 23.0. The standard InChI is InChI=1S/C14H20N2O3/c15-13-4-2-1-3-9(13)8-16-14(19)10-5-11(17)7-12(18)6-10/h5-7,9,13,17-18H,1-4,8,15H2,(H,16,19). The van der Waals surface area contributed by atoms with Crippen molar-refractivity contribution in [3.63, 3.8) is 0 Å². The minimum absolute atomic E-state index is 0.125. The van der Waals surface area contributed by atoms with Crippen molar-refractivity contribution in [3.05, 3.63) is 23.8 Å². The van der Waals surface area contributed by atoms with E-state index in [2.05, 4.69) is 5.32 Å². The molecule has 2 atom stereocenters. The maximum Gasteiger partial charge on any atom is 0.251 e. The molecule has 1 aliphatic carbocycles. The molecule has 0 bridgehead atoms. The number of nitrogens with one attached hydrogen (secondary N) is 1. The number of benzene rings is 1. The van der Waals surface area contributed by atoms with Gasteiger partial charge in [-0.3, -0.25) is 4.79 Å². The van der Waals surface area contributed by atoms with Gasteiger partial charge in [0.25, 0.3) is 5.91 Å². The van der Waals surface area contributed by atoms with Gasteiger partial charge in [-0.2, -0.15) is 0 Å². The quantitative estimate of drug-likeness (QED) is 0.662. The van der Waals surface area contributed by atoms with Gasteiger partial charge in [-0.1, -0.05) is 12.8 Å². The number of rotatable bonds is 3. The summed E-state index contributed by atoms with van der Waals surface area (Å²) >= 11 is 0. The molecule has 0 spiro atoms. The van der Waals surface area contributed by atoms with Gasteiger partial charge in [0.15, 0.2) is 0 Å². The Morgan fingerprint density at radius 2 is 1.84 bits per heavy atom. The zero-order valence-electron chi connectivity index (χ0n) is 10.8. The molecule has 19 heavy (non-hydrogen) atoms. The summed E-state index contributed by atoms with van der Waals surface area (Å²) < 4.78 is 0. The van der Waals surface area contributed by atoms with E-state index < -0.39 is 0 Å². The first-order valence-electron chi connectivity index (χ1n) is 6.63. The van der Waals surface area contributed by atoms with Crippen molar-refractivity contribution in [1.82, 2.24) is 5.32 Å². The Hall–Kier alpha value is -1.75. The zero-order valence-corrected chi connectivity index (χ0v) is 10.8. The Labute approximate surface area is 112 Å². The van der Waals surface area contributed by atoms with E-state index in [1.165, 1.54) is 18.2 Å². The zero-order chi connectivity index (χ0) is 13.8. The molecule has 0 aromatic heterocycles. The summed E-state index contributed by atoms with van der Waals surface area (Å²) in [5.74, 6) is -0.244. The molecule has 1 amide bonds. The Balaban J connectivity index is 1.93. The van der Waals surface area contributed by atoms with Crippen molar-refractivity contribution >= 4 is 5.91 Å². The van der Waals surface area contributed by atoms with E-state index >= 15 is 0 Å². The molecule has 5 heteroatoms. The van der Waals surface area contributed by atoms with E-state index in [4.69, 9.17) is 5.73 Å². The average Bonchev–Trinajstić information content (AvgIpc) is 2.36. The molecule has 0 heterocycles. The molecule has 5 N–H and O–H groups in total. The van der Waals surface area contributed by atoms with Crippen LogP contribution in [-0.2, 0) is 0 Å². The van der Waals surface area contributed by atoms with Gasteiger partial charge in [-0.15, -0.1) is 0 Å². The largest absolute Gasteiger partial charge is 0.508 e.